The molecule has 2 rings (SSSR count). The van der Waals surface area contributed by atoms with E-state index in [0.717, 1.165) is 10.0 Å². The lowest BCUT2D eigenvalue weighted by Crippen LogP contribution is -2.01. The first kappa shape index (κ1) is 15.1. The van der Waals surface area contributed by atoms with Crippen molar-refractivity contribution < 1.29 is 9.90 Å². The van der Waals surface area contributed by atoms with E-state index in [9.17, 15) is 4.79 Å². The lowest BCUT2D eigenvalue weighted by Gasteiger charge is -2.11. The number of halogens is 3. The van der Waals surface area contributed by atoms with Crippen molar-refractivity contribution in [3.63, 3.8) is 0 Å². The van der Waals surface area contributed by atoms with Crippen LogP contribution in [0.15, 0.2) is 28.9 Å². The zero-order valence-corrected chi connectivity index (χ0v) is 13.3. The minimum Gasteiger partial charge on any atom is -0.478 e. The molecule has 1 heterocycles. The van der Waals surface area contributed by atoms with Crippen molar-refractivity contribution >= 4 is 56.6 Å². The van der Waals surface area contributed by atoms with Gasteiger partial charge in [-0.05, 0) is 46.6 Å². The van der Waals surface area contributed by atoms with Crippen molar-refractivity contribution in [1.29, 1.82) is 0 Å². The van der Waals surface area contributed by atoms with Crippen molar-refractivity contribution in [1.82, 2.24) is 4.98 Å². The Morgan fingerprint density at radius 1 is 1.30 bits per heavy atom. The fraction of sp³-hybridized carbons (Fsp3) is 0.0769. The van der Waals surface area contributed by atoms with Crippen molar-refractivity contribution in [2.75, 3.05) is 5.32 Å². The molecule has 0 saturated carbocycles. The van der Waals surface area contributed by atoms with E-state index in [2.05, 4.69) is 26.2 Å². The molecule has 104 valence electrons. The summed E-state index contributed by atoms with van der Waals surface area (Å²) in [5, 5.41) is 12.7. The van der Waals surface area contributed by atoms with Crippen molar-refractivity contribution in [2.24, 2.45) is 0 Å². The number of rotatable bonds is 3. The molecule has 0 aliphatic rings. The fourth-order valence-corrected chi connectivity index (χ4v) is 2.45. The number of pyridine rings is 1. The number of anilines is 2. The quantitative estimate of drug-likeness (QED) is 0.800. The lowest BCUT2D eigenvalue weighted by molar-refractivity contribution is 0.0696. The van der Waals surface area contributed by atoms with E-state index in [-0.39, 0.29) is 10.6 Å². The van der Waals surface area contributed by atoms with Gasteiger partial charge in [0, 0.05) is 15.7 Å². The molecule has 0 bridgehead atoms. The molecule has 1 aromatic carbocycles. The third kappa shape index (κ3) is 3.23. The van der Waals surface area contributed by atoms with Gasteiger partial charge in [0.25, 0.3) is 0 Å². The van der Waals surface area contributed by atoms with E-state index < -0.39 is 5.97 Å². The number of carboxylic acid groups (broad SMARTS) is 1. The maximum Gasteiger partial charge on any atom is 0.337 e. The Morgan fingerprint density at radius 2 is 2.00 bits per heavy atom. The van der Waals surface area contributed by atoms with Crippen LogP contribution in [0.1, 0.15) is 15.9 Å². The predicted octanol–water partition coefficient (Wildman–Crippen LogP) is 4.90. The summed E-state index contributed by atoms with van der Waals surface area (Å²) in [5.74, 6) is -0.720. The van der Waals surface area contributed by atoms with Gasteiger partial charge >= 0.3 is 5.97 Å². The number of nitrogens with one attached hydrogen (secondary N) is 1. The molecule has 20 heavy (non-hydrogen) atoms. The van der Waals surface area contributed by atoms with E-state index in [0.29, 0.717) is 16.5 Å². The first-order valence-corrected chi connectivity index (χ1v) is 7.05. The number of aryl methyl sites for hydroxylation is 1. The van der Waals surface area contributed by atoms with Gasteiger partial charge in [0.15, 0.2) is 0 Å². The largest absolute Gasteiger partial charge is 0.478 e. The molecule has 0 atom stereocenters. The molecule has 0 amide bonds. The number of carboxylic acids is 1. The van der Waals surface area contributed by atoms with Gasteiger partial charge in [0.05, 0.1) is 16.3 Å². The molecule has 0 fully saturated rings. The van der Waals surface area contributed by atoms with Gasteiger partial charge in [0.1, 0.15) is 5.82 Å². The second-order valence-electron chi connectivity index (χ2n) is 4.07. The Kier molecular flexibility index (Phi) is 4.52. The third-order valence-corrected chi connectivity index (χ3v) is 3.94. The highest BCUT2D eigenvalue weighted by atomic mass is 79.9. The van der Waals surface area contributed by atoms with Gasteiger partial charge in [-0.3, -0.25) is 0 Å². The third-order valence-electron chi connectivity index (χ3n) is 2.59. The van der Waals surface area contributed by atoms with Crippen LogP contribution < -0.4 is 5.32 Å². The Hall–Kier alpha value is -1.30. The Morgan fingerprint density at radius 3 is 2.60 bits per heavy atom. The van der Waals surface area contributed by atoms with Gasteiger partial charge in [-0.2, -0.15) is 0 Å². The predicted molar refractivity (Wildman–Crippen MR) is 83.4 cm³/mol. The van der Waals surface area contributed by atoms with Crippen LogP contribution in [0.3, 0.4) is 0 Å². The van der Waals surface area contributed by atoms with Crippen molar-refractivity contribution in [3.8, 4) is 0 Å². The van der Waals surface area contributed by atoms with Gasteiger partial charge in [-0.15, -0.1) is 0 Å². The molecular weight excluding hydrogens is 367 g/mol. The smallest absolute Gasteiger partial charge is 0.337 e. The average Bonchev–Trinajstić information content (AvgIpc) is 2.37. The van der Waals surface area contributed by atoms with E-state index in [4.69, 9.17) is 28.3 Å². The van der Waals surface area contributed by atoms with Crippen LogP contribution in [-0.4, -0.2) is 16.1 Å². The zero-order chi connectivity index (χ0) is 14.9. The lowest BCUT2D eigenvalue weighted by atomic mass is 10.2. The topological polar surface area (TPSA) is 62.2 Å². The number of nitrogens with zero attached hydrogens (tertiary/aromatic N) is 1. The number of benzene rings is 1. The van der Waals surface area contributed by atoms with E-state index in [1.807, 2.05) is 13.0 Å². The van der Waals surface area contributed by atoms with Crippen LogP contribution >= 0.6 is 39.1 Å². The molecule has 7 heteroatoms. The van der Waals surface area contributed by atoms with Crippen molar-refractivity contribution in [3.05, 3.63) is 50.0 Å². The fourth-order valence-electron chi connectivity index (χ4n) is 1.52. The molecule has 0 aliphatic heterocycles. The van der Waals surface area contributed by atoms with Gasteiger partial charge in [0.2, 0.25) is 0 Å². The van der Waals surface area contributed by atoms with Crippen LogP contribution in [0.4, 0.5) is 11.5 Å². The molecule has 0 aliphatic carbocycles. The van der Waals surface area contributed by atoms with Gasteiger partial charge < -0.3 is 10.4 Å². The summed E-state index contributed by atoms with van der Waals surface area (Å²) >= 11 is 15.5. The maximum absolute atomic E-state index is 10.8. The van der Waals surface area contributed by atoms with Crippen LogP contribution in [0, 0.1) is 6.92 Å². The Balaban J connectivity index is 2.35. The minimum absolute atomic E-state index is 0.0292. The summed E-state index contributed by atoms with van der Waals surface area (Å²) in [6.45, 7) is 1.89. The molecule has 0 saturated heterocycles. The normalized spacial score (nSPS) is 10.4. The minimum atomic E-state index is -1.08. The monoisotopic (exact) mass is 374 g/mol. The Bertz CT molecular complexity index is 692. The summed E-state index contributed by atoms with van der Waals surface area (Å²) in [5.41, 5.74) is 1.66. The first-order valence-electron chi connectivity index (χ1n) is 5.50. The summed E-state index contributed by atoms with van der Waals surface area (Å²) in [7, 11) is 0. The molecule has 1 aromatic heterocycles. The van der Waals surface area contributed by atoms with E-state index >= 15 is 0 Å². The van der Waals surface area contributed by atoms with Gasteiger partial charge in [-0.1, -0.05) is 23.2 Å². The number of aromatic nitrogens is 1. The molecule has 2 N–H and O–H groups in total. The van der Waals surface area contributed by atoms with Crippen LogP contribution in [-0.2, 0) is 0 Å². The highest BCUT2D eigenvalue weighted by Crippen LogP contribution is 2.32. The second kappa shape index (κ2) is 5.99. The summed E-state index contributed by atoms with van der Waals surface area (Å²) < 4.78 is 0.805. The number of carbonyl (C=O) groups is 1. The van der Waals surface area contributed by atoms with Crippen LogP contribution in [0.5, 0.6) is 0 Å². The summed E-state index contributed by atoms with van der Waals surface area (Å²) in [6.07, 6.45) is 1.24. The molecule has 0 spiro atoms. The summed E-state index contributed by atoms with van der Waals surface area (Å²) in [4.78, 5) is 14.8. The molecule has 0 unspecified atom stereocenters. The molecule has 2 aromatic rings. The number of hydrogen-bond donors (Lipinski definition) is 2. The van der Waals surface area contributed by atoms with E-state index in [1.165, 1.54) is 12.3 Å². The zero-order valence-electron chi connectivity index (χ0n) is 10.2. The highest BCUT2D eigenvalue weighted by molar-refractivity contribution is 9.10. The molecule has 4 nitrogen and oxygen atoms in total. The number of aromatic carboxylic acids is 1. The summed E-state index contributed by atoms with van der Waals surface area (Å²) in [6, 6.07) is 4.94. The number of hydrogen-bond acceptors (Lipinski definition) is 3. The average molecular weight is 376 g/mol. The molecule has 0 radical (unpaired) electrons. The molecular formula is C13H9BrCl2N2O2. The first-order chi connectivity index (χ1) is 9.38. The van der Waals surface area contributed by atoms with E-state index in [1.54, 1.807) is 6.07 Å². The van der Waals surface area contributed by atoms with Crippen molar-refractivity contribution in [2.45, 2.75) is 6.92 Å². The maximum atomic E-state index is 10.8. The highest BCUT2D eigenvalue weighted by Gasteiger charge is 2.11. The van der Waals surface area contributed by atoms with Crippen LogP contribution in [0.2, 0.25) is 10.0 Å². The standard InChI is InChI=1S/C13H9BrCl2N2O2/c1-6-2-8(14)11(4-9(6)15)18-12-10(16)3-7(5-17-12)13(19)20/h2-5H,1H3,(H,17,18)(H,19,20). The Labute approximate surface area is 133 Å². The SMILES string of the molecule is Cc1cc(Br)c(Nc2ncc(C(=O)O)cc2Cl)cc1Cl. The van der Waals surface area contributed by atoms with Crippen LogP contribution in [0.25, 0.3) is 0 Å². The van der Waals surface area contributed by atoms with Gasteiger partial charge in [-0.25, -0.2) is 9.78 Å². The second-order valence-corrected chi connectivity index (χ2v) is 5.73.